The molecule has 204 valence electrons. The molecule has 1 nitrogen and oxygen atoms in total. The molecule has 0 fully saturated rings. The third-order valence-corrected chi connectivity index (χ3v) is 7.73. The van der Waals surface area contributed by atoms with Crippen LogP contribution >= 0.6 is 0 Å². The molecule has 0 spiro atoms. The van der Waals surface area contributed by atoms with Crippen LogP contribution in [-0.4, -0.2) is 0 Å². The maximum Gasteiger partial charge on any atom is 0.172 e. The molecule has 0 aliphatic rings. The van der Waals surface area contributed by atoms with E-state index in [1.54, 1.807) is 11.1 Å². The second-order valence-corrected chi connectivity index (χ2v) is 11.7. The smallest absolute Gasteiger partial charge is 0.172 e. The zero-order chi connectivity index (χ0) is 25.4. The van der Waals surface area contributed by atoms with Gasteiger partial charge >= 0.3 is 0 Å². The summed E-state index contributed by atoms with van der Waals surface area (Å²) in [6, 6.07) is 3.08. The molecule has 0 unspecified atom stereocenters. The Kier molecular flexibility index (Phi) is 21.6. The van der Waals surface area contributed by atoms with Crippen molar-refractivity contribution >= 4 is 0 Å². The van der Waals surface area contributed by atoms with Gasteiger partial charge in [-0.1, -0.05) is 142 Å². The summed E-state index contributed by atoms with van der Waals surface area (Å²) in [5, 5.41) is 0. The lowest BCUT2D eigenvalue weighted by molar-refractivity contribution is -0.716. The van der Waals surface area contributed by atoms with Crippen molar-refractivity contribution in [1.82, 2.24) is 0 Å². The number of nitrogens with zero attached hydrogens (tertiary/aromatic N) is 1. The Morgan fingerprint density at radius 3 is 1.03 bits per heavy atom. The first-order chi connectivity index (χ1) is 17.2. The van der Waals surface area contributed by atoms with Crippen LogP contribution in [0.3, 0.4) is 0 Å². The third kappa shape index (κ3) is 19.0. The lowest BCUT2D eigenvalue weighted by Gasteiger charge is -2.08. The predicted molar refractivity (Wildman–Crippen MR) is 157 cm³/mol. The number of hydrogen-bond donors (Lipinski definition) is 0. The molecule has 1 rings (SSSR count). The van der Waals surface area contributed by atoms with E-state index in [9.17, 15) is 0 Å². The molecule has 0 aliphatic carbocycles. The molecule has 1 heterocycles. The fourth-order valence-corrected chi connectivity index (χ4v) is 5.29. The SMILES string of the molecule is CCCCCCCCCCCCCc1cc(CCCCCCCCCCCCC)c[n+](C(C)C)c1. The Balaban J connectivity index is 2.17. The van der Waals surface area contributed by atoms with Crippen molar-refractivity contribution in [2.24, 2.45) is 0 Å². The van der Waals surface area contributed by atoms with Crippen molar-refractivity contribution in [2.45, 2.75) is 188 Å². The molecule has 0 aliphatic heterocycles. The van der Waals surface area contributed by atoms with Crippen LogP contribution in [0.15, 0.2) is 18.5 Å². The zero-order valence-corrected chi connectivity index (χ0v) is 24.7. The molecule has 0 saturated heterocycles. The minimum atomic E-state index is 0.559. The first kappa shape index (κ1) is 32.2. The van der Waals surface area contributed by atoms with Crippen molar-refractivity contribution in [3.05, 3.63) is 29.6 Å². The van der Waals surface area contributed by atoms with Gasteiger partial charge in [-0.2, -0.15) is 0 Å². The van der Waals surface area contributed by atoms with Crippen LogP contribution in [0, 0.1) is 0 Å². The Bertz CT molecular complexity index is 532. The number of hydrogen-bond acceptors (Lipinski definition) is 0. The van der Waals surface area contributed by atoms with Crippen LogP contribution in [0.4, 0.5) is 0 Å². The number of aryl methyl sites for hydroxylation is 2. The minimum Gasteiger partial charge on any atom is -0.203 e. The summed E-state index contributed by atoms with van der Waals surface area (Å²) in [5.41, 5.74) is 3.13. The van der Waals surface area contributed by atoms with E-state index in [1.165, 1.54) is 154 Å². The molecule has 0 bridgehead atoms. The van der Waals surface area contributed by atoms with Crippen LogP contribution in [0.5, 0.6) is 0 Å². The lowest BCUT2D eigenvalue weighted by Crippen LogP contribution is -2.36. The monoisotopic (exact) mass is 487 g/mol. The van der Waals surface area contributed by atoms with Crippen molar-refractivity contribution in [1.29, 1.82) is 0 Å². The molecule has 0 saturated carbocycles. The Labute approximate surface area is 221 Å². The van der Waals surface area contributed by atoms with Gasteiger partial charge in [-0.15, -0.1) is 0 Å². The number of aromatic nitrogens is 1. The fourth-order valence-electron chi connectivity index (χ4n) is 5.29. The normalized spacial score (nSPS) is 11.6. The minimum absolute atomic E-state index is 0.559. The standard InChI is InChI=1S/C34H64N/c1-5-7-9-11-13-15-17-19-21-23-25-27-33-29-34(31-35(30-33)32(3)4)28-26-24-22-20-18-16-14-12-10-8-6-2/h29-32H,5-28H2,1-4H3/q+1. The van der Waals surface area contributed by atoms with Crippen LogP contribution in [-0.2, 0) is 12.8 Å². The topological polar surface area (TPSA) is 3.88 Å². The summed E-state index contributed by atoms with van der Waals surface area (Å²) >= 11 is 0. The molecule has 0 atom stereocenters. The Hall–Kier alpha value is -0.850. The van der Waals surface area contributed by atoms with E-state index >= 15 is 0 Å². The maximum atomic E-state index is 2.52. The number of pyridine rings is 1. The summed E-state index contributed by atoms with van der Waals surface area (Å²) in [6.07, 6.45) is 38.8. The predicted octanol–water partition coefficient (Wildman–Crippen LogP) is 11.3. The summed E-state index contributed by atoms with van der Waals surface area (Å²) in [4.78, 5) is 0. The van der Waals surface area contributed by atoms with Crippen molar-refractivity contribution in [2.75, 3.05) is 0 Å². The lowest BCUT2D eigenvalue weighted by atomic mass is 10.0. The van der Waals surface area contributed by atoms with E-state index < -0.39 is 0 Å². The molecule has 1 aromatic rings. The average molecular weight is 487 g/mol. The molecule has 1 aromatic heterocycles. The molecule has 0 amide bonds. The van der Waals surface area contributed by atoms with Gasteiger partial charge in [0, 0.05) is 11.1 Å². The molecule has 0 radical (unpaired) electrons. The second kappa shape index (κ2) is 23.5. The first-order valence-corrected chi connectivity index (χ1v) is 16.2. The van der Waals surface area contributed by atoms with Crippen LogP contribution < -0.4 is 4.57 Å². The highest BCUT2D eigenvalue weighted by Crippen LogP contribution is 2.16. The first-order valence-electron chi connectivity index (χ1n) is 16.2. The van der Waals surface area contributed by atoms with Gasteiger partial charge in [0.1, 0.15) is 0 Å². The number of unbranched alkanes of at least 4 members (excludes halogenated alkanes) is 20. The van der Waals surface area contributed by atoms with Crippen LogP contribution in [0.2, 0.25) is 0 Å². The molecular weight excluding hydrogens is 422 g/mol. The van der Waals surface area contributed by atoms with Gasteiger partial charge < -0.3 is 0 Å². The van der Waals surface area contributed by atoms with Crippen LogP contribution in [0.25, 0.3) is 0 Å². The highest BCUT2D eigenvalue weighted by atomic mass is 15.0. The van der Waals surface area contributed by atoms with Crippen molar-refractivity contribution < 1.29 is 4.57 Å². The summed E-state index contributed by atoms with van der Waals surface area (Å²) in [5.74, 6) is 0. The largest absolute Gasteiger partial charge is 0.203 e. The van der Waals surface area contributed by atoms with E-state index in [4.69, 9.17) is 0 Å². The van der Waals surface area contributed by atoms with Crippen molar-refractivity contribution in [3.63, 3.8) is 0 Å². The fraction of sp³-hybridized carbons (Fsp3) is 0.853. The Morgan fingerprint density at radius 2 is 0.743 bits per heavy atom. The van der Waals surface area contributed by atoms with Gasteiger partial charge in [0.15, 0.2) is 18.4 Å². The highest BCUT2D eigenvalue weighted by Gasteiger charge is 2.11. The van der Waals surface area contributed by atoms with Gasteiger partial charge in [-0.3, -0.25) is 0 Å². The Morgan fingerprint density at radius 1 is 0.457 bits per heavy atom. The quantitative estimate of drug-likeness (QED) is 0.0955. The summed E-state index contributed by atoms with van der Waals surface area (Å²) in [6.45, 7) is 9.24. The summed E-state index contributed by atoms with van der Waals surface area (Å²) < 4.78 is 2.46. The number of rotatable bonds is 25. The van der Waals surface area contributed by atoms with Crippen molar-refractivity contribution in [3.8, 4) is 0 Å². The third-order valence-electron chi connectivity index (χ3n) is 7.73. The van der Waals surface area contributed by atoms with Gasteiger partial charge in [0.05, 0.1) is 0 Å². The van der Waals surface area contributed by atoms with E-state index in [1.807, 2.05) is 0 Å². The van der Waals surface area contributed by atoms with Gasteiger partial charge in [0.25, 0.3) is 0 Å². The second-order valence-electron chi connectivity index (χ2n) is 11.7. The molecule has 0 aromatic carbocycles. The summed E-state index contributed by atoms with van der Waals surface area (Å²) in [7, 11) is 0. The van der Waals surface area contributed by atoms with E-state index in [2.05, 4.69) is 50.7 Å². The van der Waals surface area contributed by atoms with Gasteiger partial charge in [-0.05, 0) is 45.6 Å². The van der Waals surface area contributed by atoms with E-state index in [-0.39, 0.29) is 0 Å². The van der Waals surface area contributed by atoms with Crippen LogP contribution in [0.1, 0.15) is 186 Å². The molecule has 0 N–H and O–H groups in total. The average Bonchev–Trinajstić information content (AvgIpc) is 2.85. The van der Waals surface area contributed by atoms with Gasteiger partial charge in [0.2, 0.25) is 0 Å². The molecule has 1 heteroatoms. The highest BCUT2D eigenvalue weighted by molar-refractivity contribution is 5.15. The van der Waals surface area contributed by atoms with E-state index in [0.29, 0.717) is 6.04 Å². The molecule has 35 heavy (non-hydrogen) atoms. The van der Waals surface area contributed by atoms with E-state index in [0.717, 1.165) is 0 Å². The van der Waals surface area contributed by atoms with Gasteiger partial charge in [-0.25, -0.2) is 4.57 Å². The molecular formula is C34H64N+. The zero-order valence-electron chi connectivity index (χ0n) is 24.7. The maximum absolute atomic E-state index is 2.52.